The zero-order valence-corrected chi connectivity index (χ0v) is 17.2. The van der Waals surface area contributed by atoms with Crippen LogP contribution in [-0.2, 0) is 0 Å². The van der Waals surface area contributed by atoms with Crippen molar-refractivity contribution in [2.24, 2.45) is 0 Å². The van der Waals surface area contributed by atoms with Crippen LogP contribution in [-0.4, -0.2) is 9.97 Å². The Bertz CT molecular complexity index is 940. The van der Waals surface area contributed by atoms with Gasteiger partial charge in [0.15, 0.2) is 0 Å². The molecule has 4 aromatic rings. The molecule has 0 N–H and O–H groups in total. The number of thiophene rings is 3. The van der Waals surface area contributed by atoms with Crippen molar-refractivity contribution in [3.05, 3.63) is 46.4 Å². The number of hydrogen-bond donors (Lipinski definition) is 0. The zero-order chi connectivity index (χ0) is 17.6. The van der Waals surface area contributed by atoms with Gasteiger partial charge in [-0.3, -0.25) is 9.97 Å². The number of rotatable bonds is 4. The number of aromatic nitrogens is 2. The minimum Gasteiger partial charge on any atom is -0.251 e. The van der Waals surface area contributed by atoms with E-state index in [1.54, 1.807) is 12.4 Å². The van der Waals surface area contributed by atoms with Crippen molar-refractivity contribution < 1.29 is 0 Å². The standard InChI is InChI=1S/C20H20N2S3/c1-11(2)13-5-7-15(23-13)19-17-18(22-10-9-21-17)20(25-19)16-8-6-14(24-16)12(3)4/h5-12H,1-4H3. The van der Waals surface area contributed by atoms with Crippen molar-refractivity contribution in [2.45, 2.75) is 39.5 Å². The average Bonchev–Trinajstić information content (AvgIpc) is 3.31. The summed E-state index contributed by atoms with van der Waals surface area (Å²) in [6.07, 6.45) is 3.60. The van der Waals surface area contributed by atoms with Gasteiger partial charge in [-0.05, 0) is 36.1 Å². The van der Waals surface area contributed by atoms with Gasteiger partial charge in [0.1, 0.15) is 11.0 Å². The van der Waals surface area contributed by atoms with Crippen molar-refractivity contribution in [1.82, 2.24) is 9.97 Å². The molecule has 2 nitrogen and oxygen atoms in total. The number of hydrogen-bond acceptors (Lipinski definition) is 5. The third-order valence-corrected chi connectivity index (χ3v) is 8.47. The summed E-state index contributed by atoms with van der Waals surface area (Å²) in [4.78, 5) is 17.2. The van der Waals surface area contributed by atoms with Crippen LogP contribution in [0.15, 0.2) is 36.7 Å². The maximum Gasteiger partial charge on any atom is 0.109 e. The van der Waals surface area contributed by atoms with Crippen LogP contribution < -0.4 is 0 Å². The highest BCUT2D eigenvalue weighted by Crippen LogP contribution is 2.46. The molecule has 0 spiro atoms. The fourth-order valence-electron chi connectivity index (χ4n) is 2.77. The van der Waals surface area contributed by atoms with Gasteiger partial charge in [-0.2, -0.15) is 0 Å². The zero-order valence-electron chi connectivity index (χ0n) is 14.7. The van der Waals surface area contributed by atoms with Gasteiger partial charge in [0.25, 0.3) is 0 Å². The Kier molecular flexibility index (Phi) is 4.48. The molecule has 4 rings (SSSR count). The monoisotopic (exact) mass is 384 g/mol. The molecule has 4 aromatic heterocycles. The maximum absolute atomic E-state index is 4.66. The van der Waals surface area contributed by atoms with E-state index in [1.165, 1.54) is 29.3 Å². The van der Waals surface area contributed by atoms with Crippen molar-refractivity contribution in [2.75, 3.05) is 0 Å². The molecule has 0 fully saturated rings. The largest absolute Gasteiger partial charge is 0.251 e. The lowest BCUT2D eigenvalue weighted by molar-refractivity contribution is 0.890. The second-order valence-corrected chi connectivity index (χ2v) is 9.98. The summed E-state index contributed by atoms with van der Waals surface area (Å²) in [6, 6.07) is 8.96. The Labute approximate surface area is 160 Å². The molecule has 0 unspecified atom stereocenters. The molecular formula is C20H20N2S3. The Balaban J connectivity index is 1.88. The van der Waals surface area contributed by atoms with E-state index in [0.717, 1.165) is 11.0 Å². The van der Waals surface area contributed by atoms with E-state index in [-0.39, 0.29) is 0 Å². The summed E-state index contributed by atoms with van der Waals surface area (Å²) >= 11 is 5.57. The fraction of sp³-hybridized carbons (Fsp3) is 0.300. The van der Waals surface area contributed by atoms with Crippen LogP contribution in [0.25, 0.3) is 30.5 Å². The average molecular weight is 385 g/mol. The summed E-state index contributed by atoms with van der Waals surface area (Å²) in [7, 11) is 0. The lowest BCUT2D eigenvalue weighted by atomic mass is 10.2. The first-order valence-corrected chi connectivity index (χ1v) is 10.9. The minimum atomic E-state index is 0.557. The van der Waals surface area contributed by atoms with Gasteiger partial charge < -0.3 is 0 Å². The second kappa shape index (κ2) is 6.63. The van der Waals surface area contributed by atoms with Gasteiger partial charge in [-0.1, -0.05) is 27.7 Å². The molecule has 0 saturated heterocycles. The summed E-state index contributed by atoms with van der Waals surface area (Å²) in [5.41, 5.74) is 2.05. The maximum atomic E-state index is 4.66. The van der Waals surface area contributed by atoms with E-state index in [4.69, 9.17) is 0 Å². The minimum absolute atomic E-state index is 0.557. The van der Waals surface area contributed by atoms with Crippen LogP contribution >= 0.6 is 34.0 Å². The molecule has 0 aliphatic carbocycles. The van der Waals surface area contributed by atoms with Crippen molar-refractivity contribution >= 4 is 45.0 Å². The van der Waals surface area contributed by atoms with Gasteiger partial charge in [0.05, 0.1) is 9.75 Å². The van der Waals surface area contributed by atoms with E-state index in [2.05, 4.69) is 61.9 Å². The van der Waals surface area contributed by atoms with Gasteiger partial charge in [0, 0.05) is 31.9 Å². The van der Waals surface area contributed by atoms with Crippen LogP contribution in [0, 0.1) is 0 Å². The topological polar surface area (TPSA) is 25.8 Å². The molecule has 0 aliphatic heterocycles. The van der Waals surface area contributed by atoms with Gasteiger partial charge in [-0.15, -0.1) is 34.0 Å². The predicted molar refractivity (Wildman–Crippen MR) is 112 cm³/mol. The van der Waals surface area contributed by atoms with Crippen LogP contribution in [0.4, 0.5) is 0 Å². The normalized spacial score (nSPS) is 11.9. The highest BCUT2D eigenvalue weighted by Gasteiger charge is 2.19. The Morgan fingerprint density at radius 2 is 1.08 bits per heavy atom. The number of fused-ring (bicyclic) bond motifs is 1. The van der Waals surface area contributed by atoms with Crippen LogP contribution in [0.2, 0.25) is 0 Å². The van der Waals surface area contributed by atoms with E-state index >= 15 is 0 Å². The Hall–Kier alpha value is -1.56. The first kappa shape index (κ1) is 16.9. The molecular weight excluding hydrogens is 364 g/mol. The molecule has 0 amide bonds. The first-order chi connectivity index (χ1) is 12.0. The van der Waals surface area contributed by atoms with Gasteiger partial charge in [-0.25, -0.2) is 0 Å². The molecule has 0 radical (unpaired) electrons. The highest BCUT2D eigenvalue weighted by molar-refractivity contribution is 7.28. The molecule has 4 heterocycles. The van der Waals surface area contributed by atoms with Crippen LogP contribution in [0.1, 0.15) is 49.3 Å². The summed E-state index contributed by atoms with van der Waals surface area (Å²) in [6.45, 7) is 8.97. The Morgan fingerprint density at radius 1 is 0.640 bits per heavy atom. The van der Waals surface area contributed by atoms with Crippen LogP contribution in [0.5, 0.6) is 0 Å². The molecule has 25 heavy (non-hydrogen) atoms. The SMILES string of the molecule is CC(C)c1ccc(-c2sc(-c3ccc(C(C)C)s3)c3nccnc23)s1. The molecule has 0 saturated carbocycles. The van der Waals surface area contributed by atoms with Crippen molar-refractivity contribution in [1.29, 1.82) is 0 Å². The van der Waals surface area contributed by atoms with Gasteiger partial charge >= 0.3 is 0 Å². The Morgan fingerprint density at radius 3 is 1.44 bits per heavy atom. The second-order valence-electron chi connectivity index (χ2n) is 6.73. The third kappa shape index (κ3) is 3.05. The predicted octanol–water partition coefficient (Wildman–Crippen LogP) is 7.40. The summed E-state index contributed by atoms with van der Waals surface area (Å²) < 4.78 is 0. The summed E-state index contributed by atoms with van der Waals surface area (Å²) in [5.74, 6) is 1.11. The smallest absolute Gasteiger partial charge is 0.109 e. The third-order valence-electron chi connectivity index (χ3n) is 4.17. The van der Waals surface area contributed by atoms with E-state index in [9.17, 15) is 0 Å². The lowest BCUT2D eigenvalue weighted by Gasteiger charge is -1.98. The molecule has 5 heteroatoms. The van der Waals surface area contributed by atoms with E-state index in [1.807, 2.05) is 34.0 Å². The summed E-state index contributed by atoms with van der Waals surface area (Å²) in [5, 5.41) is 0. The van der Waals surface area contributed by atoms with Gasteiger partial charge in [0.2, 0.25) is 0 Å². The molecule has 0 aromatic carbocycles. The lowest BCUT2D eigenvalue weighted by Crippen LogP contribution is -1.79. The molecule has 0 atom stereocenters. The van der Waals surface area contributed by atoms with E-state index in [0.29, 0.717) is 11.8 Å². The highest BCUT2D eigenvalue weighted by atomic mass is 32.1. The van der Waals surface area contributed by atoms with Crippen molar-refractivity contribution in [3.63, 3.8) is 0 Å². The molecule has 0 aliphatic rings. The fourth-order valence-corrected chi connectivity index (χ4v) is 6.21. The van der Waals surface area contributed by atoms with E-state index < -0.39 is 0 Å². The van der Waals surface area contributed by atoms with Crippen LogP contribution in [0.3, 0.4) is 0 Å². The molecule has 0 bridgehead atoms. The first-order valence-electron chi connectivity index (χ1n) is 8.48. The molecule has 128 valence electrons. The van der Waals surface area contributed by atoms with Crippen molar-refractivity contribution in [3.8, 4) is 19.5 Å². The quantitative estimate of drug-likeness (QED) is 0.366. The number of nitrogens with zero attached hydrogens (tertiary/aromatic N) is 2.